The van der Waals surface area contributed by atoms with Crippen LogP contribution in [0.25, 0.3) is 0 Å². The fraction of sp³-hybridized carbons (Fsp3) is 0.333. The van der Waals surface area contributed by atoms with Crippen molar-refractivity contribution in [1.82, 2.24) is 10.3 Å². The maximum atomic E-state index is 12.3. The molecule has 0 radical (unpaired) electrons. The second-order valence-corrected chi connectivity index (χ2v) is 4.97. The van der Waals surface area contributed by atoms with Crippen molar-refractivity contribution in [1.29, 1.82) is 0 Å². The van der Waals surface area contributed by atoms with E-state index in [2.05, 4.69) is 21.7 Å². The third-order valence-electron chi connectivity index (χ3n) is 3.50. The molecule has 0 aliphatic carbocycles. The van der Waals surface area contributed by atoms with Crippen molar-refractivity contribution in [2.75, 3.05) is 11.9 Å². The number of hydrogen-bond donors (Lipinski definition) is 2. The molecule has 0 saturated carbocycles. The van der Waals surface area contributed by atoms with Crippen molar-refractivity contribution in [3.8, 4) is 0 Å². The molecule has 5 heteroatoms. The zero-order chi connectivity index (χ0) is 14.1. The molecule has 0 fully saturated rings. The largest absolute Gasteiger partial charge is 0.436 e. The van der Waals surface area contributed by atoms with E-state index in [9.17, 15) is 4.79 Å². The van der Waals surface area contributed by atoms with Gasteiger partial charge in [-0.3, -0.25) is 4.79 Å². The third kappa shape index (κ3) is 2.32. The molecule has 1 amide bonds. The van der Waals surface area contributed by atoms with Crippen LogP contribution in [0, 0.1) is 13.8 Å². The van der Waals surface area contributed by atoms with E-state index in [1.807, 2.05) is 12.1 Å². The number of aromatic nitrogens is 1. The van der Waals surface area contributed by atoms with Gasteiger partial charge in [-0.25, -0.2) is 4.98 Å². The highest BCUT2D eigenvalue weighted by atomic mass is 16.4. The van der Waals surface area contributed by atoms with E-state index in [-0.39, 0.29) is 11.7 Å². The summed E-state index contributed by atoms with van der Waals surface area (Å²) in [6.45, 7) is 5.29. The molecule has 2 aromatic rings. The predicted octanol–water partition coefficient (Wildman–Crippen LogP) is 2.19. The summed E-state index contributed by atoms with van der Waals surface area (Å²) in [7, 11) is 0. The summed E-state index contributed by atoms with van der Waals surface area (Å²) in [5.41, 5.74) is 3.92. The minimum atomic E-state index is -0.241. The van der Waals surface area contributed by atoms with E-state index < -0.39 is 0 Å². The van der Waals surface area contributed by atoms with Gasteiger partial charge in [-0.2, -0.15) is 0 Å². The highest BCUT2D eigenvalue weighted by Gasteiger charge is 2.19. The van der Waals surface area contributed by atoms with Gasteiger partial charge < -0.3 is 15.1 Å². The zero-order valence-electron chi connectivity index (χ0n) is 11.6. The highest BCUT2D eigenvalue weighted by molar-refractivity contribution is 6.03. The van der Waals surface area contributed by atoms with Crippen molar-refractivity contribution >= 4 is 11.6 Å². The number of nitrogens with zero attached hydrogens (tertiary/aromatic N) is 1. The molecule has 20 heavy (non-hydrogen) atoms. The second kappa shape index (κ2) is 5.09. The maximum absolute atomic E-state index is 12.3. The van der Waals surface area contributed by atoms with Crippen molar-refractivity contribution in [2.24, 2.45) is 0 Å². The predicted molar refractivity (Wildman–Crippen MR) is 75.8 cm³/mol. The average Bonchev–Trinajstić information content (AvgIpc) is 2.78. The molecular formula is C15H17N3O2. The first-order chi connectivity index (χ1) is 9.65. The molecule has 3 rings (SSSR count). The summed E-state index contributed by atoms with van der Waals surface area (Å²) in [4.78, 5) is 16.4. The van der Waals surface area contributed by atoms with Gasteiger partial charge in [-0.15, -0.1) is 0 Å². The zero-order valence-corrected chi connectivity index (χ0v) is 11.6. The highest BCUT2D eigenvalue weighted by Crippen LogP contribution is 2.24. The molecule has 104 valence electrons. The number of hydrogen-bond acceptors (Lipinski definition) is 4. The molecule has 0 atom stereocenters. The Bertz CT molecular complexity index is 661. The minimum Gasteiger partial charge on any atom is -0.436 e. The lowest BCUT2D eigenvalue weighted by molar-refractivity contribution is 0.0994. The monoisotopic (exact) mass is 271 g/mol. The summed E-state index contributed by atoms with van der Waals surface area (Å²) in [5.74, 6) is 0.552. The molecule has 2 heterocycles. The number of nitrogens with one attached hydrogen (secondary N) is 2. The quantitative estimate of drug-likeness (QED) is 0.878. The number of benzene rings is 1. The van der Waals surface area contributed by atoms with Crippen LogP contribution in [0.1, 0.15) is 33.3 Å². The van der Waals surface area contributed by atoms with E-state index in [4.69, 9.17) is 4.42 Å². The topological polar surface area (TPSA) is 67.2 Å². The summed E-state index contributed by atoms with van der Waals surface area (Å²) in [5, 5.41) is 6.26. The summed E-state index contributed by atoms with van der Waals surface area (Å²) < 4.78 is 5.36. The smallest absolute Gasteiger partial charge is 0.293 e. The van der Waals surface area contributed by atoms with Gasteiger partial charge in [-0.05, 0) is 37.1 Å². The summed E-state index contributed by atoms with van der Waals surface area (Å²) in [6, 6.07) is 5.97. The van der Waals surface area contributed by atoms with Gasteiger partial charge in [0.2, 0.25) is 5.76 Å². The van der Waals surface area contributed by atoms with Crippen LogP contribution in [-0.2, 0) is 13.0 Å². The van der Waals surface area contributed by atoms with Crippen molar-refractivity contribution in [3.63, 3.8) is 0 Å². The molecule has 1 aliphatic rings. The molecule has 1 aliphatic heterocycles. The Morgan fingerprint density at radius 3 is 3.00 bits per heavy atom. The van der Waals surface area contributed by atoms with Gasteiger partial charge >= 0.3 is 0 Å². The van der Waals surface area contributed by atoms with Crippen LogP contribution < -0.4 is 10.6 Å². The molecule has 5 nitrogen and oxygen atoms in total. The van der Waals surface area contributed by atoms with Crippen LogP contribution in [0.3, 0.4) is 0 Å². The SMILES string of the molecule is Cc1nc(C)c(C(=O)Nc2cccc3c2CCNC3)o1. The number of anilines is 1. The van der Waals surface area contributed by atoms with Crippen LogP contribution in [0.5, 0.6) is 0 Å². The van der Waals surface area contributed by atoms with E-state index in [0.717, 1.165) is 25.2 Å². The first-order valence-corrected chi connectivity index (χ1v) is 6.72. The van der Waals surface area contributed by atoms with Crippen LogP contribution in [0.2, 0.25) is 0 Å². The normalized spacial score (nSPS) is 13.9. The van der Waals surface area contributed by atoms with Crippen molar-refractivity contribution in [2.45, 2.75) is 26.8 Å². The second-order valence-electron chi connectivity index (χ2n) is 4.97. The Labute approximate surface area is 117 Å². The Balaban J connectivity index is 1.88. The number of amides is 1. The van der Waals surface area contributed by atoms with Crippen molar-refractivity contribution < 1.29 is 9.21 Å². The molecule has 0 bridgehead atoms. The maximum Gasteiger partial charge on any atom is 0.293 e. The van der Waals surface area contributed by atoms with Crippen LogP contribution >= 0.6 is 0 Å². The molecule has 0 spiro atoms. The minimum absolute atomic E-state index is 0.241. The fourth-order valence-electron chi connectivity index (χ4n) is 2.57. The standard InChI is InChI=1S/C15H17N3O2/c1-9-14(20-10(2)17-9)15(19)18-13-5-3-4-11-8-16-7-6-12(11)13/h3-5,16H,6-8H2,1-2H3,(H,18,19). The van der Waals surface area contributed by atoms with Crippen LogP contribution in [0.15, 0.2) is 22.6 Å². The van der Waals surface area contributed by atoms with Gasteiger partial charge in [0.05, 0.1) is 5.69 Å². The summed E-state index contributed by atoms with van der Waals surface area (Å²) >= 11 is 0. The van der Waals surface area contributed by atoms with Crippen LogP contribution in [0.4, 0.5) is 5.69 Å². The molecular weight excluding hydrogens is 254 g/mol. The molecule has 1 aromatic carbocycles. The van der Waals surface area contributed by atoms with Gasteiger partial charge in [-0.1, -0.05) is 12.1 Å². The molecule has 0 unspecified atom stereocenters. The Morgan fingerprint density at radius 2 is 2.25 bits per heavy atom. The van der Waals surface area contributed by atoms with E-state index >= 15 is 0 Å². The van der Waals surface area contributed by atoms with E-state index in [0.29, 0.717) is 11.6 Å². The number of aryl methyl sites for hydroxylation is 2. The first-order valence-electron chi connectivity index (χ1n) is 6.72. The Morgan fingerprint density at radius 1 is 1.40 bits per heavy atom. The van der Waals surface area contributed by atoms with Crippen molar-refractivity contribution in [3.05, 3.63) is 46.7 Å². The van der Waals surface area contributed by atoms with Gasteiger partial charge in [0, 0.05) is 19.2 Å². The van der Waals surface area contributed by atoms with Crippen LogP contribution in [-0.4, -0.2) is 17.4 Å². The third-order valence-corrected chi connectivity index (χ3v) is 3.50. The molecule has 2 N–H and O–H groups in total. The molecule has 0 saturated heterocycles. The fourth-order valence-corrected chi connectivity index (χ4v) is 2.57. The van der Waals surface area contributed by atoms with E-state index in [1.165, 1.54) is 11.1 Å². The molecule has 1 aromatic heterocycles. The summed E-state index contributed by atoms with van der Waals surface area (Å²) in [6.07, 6.45) is 0.917. The first kappa shape index (κ1) is 12.9. The number of carbonyl (C=O) groups excluding carboxylic acids is 1. The van der Waals surface area contributed by atoms with E-state index in [1.54, 1.807) is 13.8 Å². The number of oxazole rings is 1. The lowest BCUT2D eigenvalue weighted by atomic mass is 9.99. The number of rotatable bonds is 2. The lowest BCUT2D eigenvalue weighted by Gasteiger charge is -2.20. The van der Waals surface area contributed by atoms with Gasteiger partial charge in [0.25, 0.3) is 5.91 Å². The number of fused-ring (bicyclic) bond motifs is 1. The Hall–Kier alpha value is -2.14. The Kier molecular flexibility index (Phi) is 3.28. The lowest BCUT2D eigenvalue weighted by Crippen LogP contribution is -2.25. The average molecular weight is 271 g/mol. The van der Waals surface area contributed by atoms with Gasteiger partial charge in [0.15, 0.2) is 5.89 Å². The number of carbonyl (C=O) groups is 1. The van der Waals surface area contributed by atoms with Gasteiger partial charge in [0.1, 0.15) is 0 Å².